The summed E-state index contributed by atoms with van der Waals surface area (Å²) in [5.41, 5.74) is 0.759. The molecule has 8 heteroatoms. The lowest BCUT2D eigenvalue weighted by Gasteiger charge is -2.08. The Morgan fingerprint density at radius 2 is 1.91 bits per heavy atom. The molecule has 0 bridgehead atoms. The van der Waals surface area contributed by atoms with Gasteiger partial charge < -0.3 is 15.7 Å². The molecule has 0 aliphatic carbocycles. The number of carbonyl (C=O) groups excluding carboxylic acids is 1. The summed E-state index contributed by atoms with van der Waals surface area (Å²) in [4.78, 5) is 30.1. The summed E-state index contributed by atoms with van der Waals surface area (Å²) < 4.78 is 0. The Bertz CT molecular complexity index is 709. The van der Waals surface area contributed by atoms with Gasteiger partial charge in [0.25, 0.3) is 0 Å². The summed E-state index contributed by atoms with van der Waals surface area (Å²) in [6, 6.07) is 8.72. The molecular weight excluding hydrogens is 320 g/mol. The molecule has 0 saturated heterocycles. The first-order chi connectivity index (χ1) is 11.0. The maximum Gasteiger partial charge on any atom is 0.303 e. The van der Waals surface area contributed by atoms with Crippen LogP contribution in [-0.2, 0) is 9.59 Å². The fourth-order valence-electron chi connectivity index (χ4n) is 1.81. The number of aromatic nitrogens is 2. The molecule has 0 aliphatic rings. The zero-order valence-corrected chi connectivity index (χ0v) is 12.9. The fraction of sp³-hybridized carbons (Fsp3) is 0.200. The summed E-state index contributed by atoms with van der Waals surface area (Å²) >= 11 is 5.91. The molecular formula is C15H15ClN4O3. The van der Waals surface area contributed by atoms with E-state index < -0.39 is 5.97 Å². The number of anilines is 3. The molecule has 1 amide bonds. The molecule has 1 heterocycles. The molecule has 0 atom stereocenters. The number of carboxylic acid groups (broad SMARTS) is 1. The number of hydrogen-bond donors (Lipinski definition) is 3. The second-order valence-corrected chi connectivity index (χ2v) is 5.16. The molecule has 0 saturated carbocycles. The highest BCUT2D eigenvalue weighted by Gasteiger charge is 2.06. The van der Waals surface area contributed by atoms with E-state index in [1.54, 1.807) is 24.3 Å². The lowest BCUT2D eigenvalue weighted by molar-refractivity contribution is -0.137. The number of nitrogens with one attached hydrogen (secondary N) is 2. The van der Waals surface area contributed by atoms with Crippen molar-refractivity contribution in [3.63, 3.8) is 0 Å². The highest BCUT2D eigenvalue weighted by molar-refractivity contribution is 6.30. The van der Waals surface area contributed by atoms with Crippen LogP contribution in [0.3, 0.4) is 0 Å². The molecule has 1 aromatic carbocycles. The van der Waals surface area contributed by atoms with Crippen molar-refractivity contribution in [3.05, 3.63) is 41.7 Å². The monoisotopic (exact) mass is 334 g/mol. The van der Waals surface area contributed by atoms with E-state index in [1.807, 2.05) is 6.07 Å². The highest BCUT2D eigenvalue weighted by Crippen LogP contribution is 2.19. The Kier molecular flexibility index (Phi) is 5.87. The maximum absolute atomic E-state index is 11.7. The van der Waals surface area contributed by atoms with Crippen LogP contribution in [-0.4, -0.2) is 27.0 Å². The molecule has 120 valence electrons. The van der Waals surface area contributed by atoms with Gasteiger partial charge in [0.15, 0.2) is 0 Å². The summed E-state index contributed by atoms with van der Waals surface area (Å²) in [7, 11) is 0. The van der Waals surface area contributed by atoms with E-state index in [-0.39, 0.29) is 25.2 Å². The van der Waals surface area contributed by atoms with Gasteiger partial charge in [0.2, 0.25) is 5.91 Å². The summed E-state index contributed by atoms with van der Waals surface area (Å²) in [6.07, 6.45) is 1.67. The third-order valence-electron chi connectivity index (χ3n) is 2.83. The third-order valence-corrected chi connectivity index (χ3v) is 3.06. The number of amides is 1. The predicted octanol–water partition coefficient (Wildman–Crippen LogP) is 3.07. The maximum atomic E-state index is 11.7. The summed E-state index contributed by atoms with van der Waals surface area (Å²) in [5, 5.41) is 14.8. The number of halogens is 1. The average Bonchev–Trinajstić information content (AvgIpc) is 2.47. The summed E-state index contributed by atoms with van der Waals surface area (Å²) in [6.45, 7) is 0. The second-order valence-electron chi connectivity index (χ2n) is 4.72. The number of rotatable bonds is 7. The molecule has 1 aromatic heterocycles. The molecule has 23 heavy (non-hydrogen) atoms. The van der Waals surface area contributed by atoms with E-state index in [0.717, 1.165) is 5.69 Å². The van der Waals surface area contributed by atoms with Crippen molar-refractivity contribution in [2.75, 3.05) is 10.6 Å². The first-order valence-corrected chi connectivity index (χ1v) is 7.27. The quantitative estimate of drug-likeness (QED) is 0.718. The van der Waals surface area contributed by atoms with Crippen LogP contribution in [0.2, 0.25) is 5.02 Å². The van der Waals surface area contributed by atoms with Gasteiger partial charge in [-0.1, -0.05) is 17.7 Å². The summed E-state index contributed by atoms with van der Waals surface area (Å²) in [5.74, 6) is -0.376. The third kappa shape index (κ3) is 5.91. The molecule has 3 N–H and O–H groups in total. The minimum Gasteiger partial charge on any atom is -0.481 e. The molecule has 0 radical (unpaired) electrons. The zero-order valence-electron chi connectivity index (χ0n) is 12.1. The van der Waals surface area contributed by atoms with Crippen LogP contribution >= 0.6 is 11.6 Å². The average molecular weight is 335 g/mol. The predicted molar refractivity (Wildman–Crippen MR) is 86.9 cm³/mol. The van der Waals surface area contributed by atoms with Gasteiger partial charge in [0.05, 0.1) is 0 Å². The van der Waals surface area contributed by atoms with Crippen LogP contribution in [0.15, 0.2) is 36.7 Å². The first kappa shape index (κ1) is 16.7. The lowest BCUT2D eigenvalue weighted by Crippen LogP contribution is -2.13. The second kappa shape index (κ2) is 8.09. The molecule has 0 fully saturated rings. The van der Waals surface area contributed by atoms with Crippen molar-refractivity contribution in [1.29, 1.82) is 0 Å². The Morgan fingerprint density at radius 3 is 2.65 bits per heavy atom. The molecule has 0 spiro atoms. The Labute approximate surface area is 137 Å². The standard InChI is InChI=1S/C15H15ClN4O3/c16-10-3-1-4-11(7-10)19-12-8-13(18-9-17-12)20-14(21)5-2-6-15(22)23/h1,3-4,7-9H,2,5-6H2,(H,22,23)(H2,17,18,19,20,21). The van der Waals surface area contributed by atoms with E-state index in [9.17, 15) is 9.59 Å². The molecule has 0 unspecified atom stereocenters. The van der Waals surface area contributed by atoms with Crippen molar-refractivity contribution in [2.45, 2.75) is 19.3 Å². The van der Waals surface area contributed by atoms with E-state index in [2.05, 4.69) is 20.6 Å². The van der Waals surface area contributed by atoms with Crippen LogP contribution in [0.4, 0.5) is 17.3 Å². The van der Waals surface area contributed by atoms with Crippen molar-refractivity contribution < 1.29 is 14.7 Å². The Morgan fingerprint density at radius 1 is 1.13 bits per heavy atom. The van der Waals surface area contributed by atoms with E-state index in [0.29, 0.717) is 16.7 Å². The van der Waals surface area contributed by atoms with Gasteiger partial charge >= 0.3 is 5.97 Å². The van der Waals surface area contributed by atoms with Crippen LogP contribution in [0.25, 0.3) is 0 Å². The van der Waals surface area contributed by atoms with Crippen LogP contribution in [0, 0.1) is 0 Å². The topological polar surface area (TPSA) is 104 Å². The number of benzene rings is 1. The largest absolute Gasteiger partial charge is 0.481 e. The number of hydrogen-bond acceptors (Lipinski definition) is 5. The number of carboxylic acids is 1. The van der Waals surface area contributed by atoms with Gasteiger partial charge in [-0.15, -0.1) is 0 Å². The minimum absolute atomic E-state index is 0.0429. The van der Waals surface area contributed by atoms with Crippen LogP contribution in [0.1, 0.15) is 19.3 Å². The van der Waals surface area contributed by atoms with Crippen molar-refractivity contribution >= 4 is 40.8 Å². The Hall–Kier alpha value is -2.67. The van der Waals surface area contributed by atoms with Gasteiger partial charge in [0, 0.05) is 29.6 Å². The number of aliphatic carboxylic acids is 1. The normalized spacial score (nSPS) is 10.1. The van der Waals surface area contributed by atoms with E-state index in [1.165, 1.54) is 6.33 Å². The van der Waals surface area contributed by atoms with Gasteiger partial charge in [-0.2, -0.15) is 0 Å². The lowest BCUT2D eigenvalue weighted by atomic mass is 10.2. The fourth-order valence-corrected chi connectivity index (χ4v) is 2.00. The first-order valence-electron chi connectivity index (χ1n) is 6.89. The smallest absolute Gasteiger partial charge is 0.303 e. The SMILES string of the molecule is O=C(O)CCCC(=O)Nc1cc(Nc2cccc(Cl)c2)ncn1. The van der Waals surface area contributed by atoms with Crippen LogP contribution in [0.5, 0.6) is 0 Å². The van der Waals surface area contributed by atoms with Gasteiger partial charge in [-0.25, -0.2) is 9.97 Å². The van der Waals surface area contributed by atoms with Crippen molar-refractivity contribution in [2.24, 2.45) is 0 Å². The van der Waals surface area contributed by atoms with E-state index in [4.69, 9.17) is 16.7 Å². The Balaban J connectivity index is 1.94. The van der Waals surface area contributed by atoms with Crippen LogP contribution < -0.4 is 10.6 Å². The van der Waals surface area contributed by atoms with Gasteiger partial charge in [-0.3, -0.25) is 9.59 Å². The number of carbonyl (C=O) groups is 2. The zero-order chi connectivity index (χ0) is 16.7. The molecule has 0 aliphatic heterocycles. The number of nitrogens with zero attached hydrogens (tertiary/aromatic N) is 2. The van der Waals surface area contributed by atoms with Crippen molar-refractivity contribution in [3.8, 4) is 0 Å². The van der Waals surface area contributed by atoms with Gasteiger partial charge in [0.1, 0.15) is 18.0 Å². The van der Waals surface area contributed by atoms with E-state index >= 15 is 0 Å². The molecule has 2 rings (SSSR count). The molecule has 2 aromatic rings. The molecule has 7 nitrogen and oxygen atoms in total. The van der Waals surface area contributed by atoms with Crippen molar-refractivity contribution in [1.82, 2.24) is 9.97 Å². The minimum atomic E-state index is -0.923. The van der Waals surface area contributed by atoms with Gasteiger partial charge in [-0.05, 0) is 24.6 Å². The highest BCUT2D eigenvalue weighted by atomic mass is 35.5.